The molecule has 0 aliphatic rings. The van der Waals surface area contributed by atoms with Crippen molar-refractivity contribution in [3.8, 4) is 5.75 Å². The normalized spacial score (nSPS) is 11.9. The highest BCUT2D eigenvalue weighted by Crippen LogP contribution is 2.18. The molecule has 0 atom stereocenters. The zero-order valence-electron chi connectivity index (χ0n) is 17.4. The Bertz CT molecular complexity index is 609. The zero-order chi connectivity index (χ0) is 20.3. The van der Waals surface area contributed by atoms with Crippen LogP contribution in [0.4, 0.5) is 4.79 Å². The Labute approximate surface area is 162 Å². The van der Waals surface area contributed by atoms with E-state index < -0.39 is 11.7 Å². The van der Waals surface area contributed by atoms with Crippen LogP contribution in [0.3, 0.4) is 0 Å². The largest absolute Gasteiger partial charge is 0.493 e. The molecule has 7 nitrogen and oxygen atoms in total. The van der Waals surface area contributed by atoms with Gasteiger partial charge in [0.1, 0.15) is 11.4 Å². The van der Waals surface area contributed by atoms with Gasteiger partial charge in [-0.25, -0.2) is 4.79 Å². The molecule has 7 heteroatoms. The van der Waals surface area contributed by atoms with Gasteiger partial charge in [-0.15, -0.1) is 0 Å². The number of amides is 1. The van der Waals surface area contributed by atoms with Gasteiger partial charge >= 0.3 is 6.09 Å². The Balaban J connectivity index is 2.40. The lowest BCUT2D eigenvalue weighted by molar-refractivity contribution is 0.0529. The summed E-state index contributed by atoms with van der Waals surface area (Å²) < 4.78 is 11.1. The second-order valence-electron chi connectivity index (χ2n) is 7.59. The molecule has 27 heavy (non-hydrogen) atoms. The summed E-state index contributed by atoms with van der Waals surface area (Å²) in [6.45, 7) is 12.0. The molecule has 0 spiro atoms. The minimum atomic E-state index is -0.500. The third-order valence-corrected chi connectivity index (χ3v) is 3.30. The van der Waals surface area contributed by atoms with Crippen LogP contribution in [0.5, 0.6) is 5.75 Å². The molecule has 3 N–H and O–H groups in total. The standard InChI is InChI=1S/C20H34N4O3/c1-15(2)14-26-17-10-8-7-9-16(17)13-24-18(21-6)22-11-12-23-19(25)27-20(3,4)5/h7-10,15H,11-14H2,1-6H3,(H,23,25)(H2,21,22,24). The molecule has 0 aliphatic heterocycles. The van der Waals surface area contributed by atoms with E-state index in [0.717, 1.165) is 11.3 Å². The Morgan fingerprint density at radius 1 is 1.11 bits per heavy atom. The first kappa shape index (κ1) is 22.6. The Morgan fingerprint density at radius 3 is 2.41 bits per heavy atom. The molecule has 0 aliphatic carbocycles. The summed E-state index contributed by atoms with van der Waals surface area (Å²) in [6.07, 6.45) is -0.427. The van der Waals surface area contributed by atoms with Crippen LogP contribution in [0.25, 0.3) is 0 Å². The third kappa shape index (κ3) is 10.3. The molecule has 1 rings (SSSR count). The van der Waals surface area contributed by atoms with Crippen molar-refractivity contribution < 1.29 is 14.3 Å². The van der Waals surface area contributed by atoms with Gasteiger partial charge in [-0.05, 0) is 32.8 Å². The van der Waals surface area contributed by atoms with Gasteiger partial charge in [0.2, 0.25) is 0 Å². The van der Waals surface area contributed by atoms with Gasteiger partial charge in [0, 0.05) is 32.2 Å². The number of rotatable bonds is 8. The topological polar surface area (TPSA) is 84.0 Å². The van der Waals surface area contributed by atoms with Crippen molar-refractivity contribution in [2.45, 2.75) is 46.8 Å². The van der Waals surface area contributed by atoms with Gasteiger partial charge in [-0.2, -0.15) is 0 Å². The molecule has 152 valence electrons. The minimum Gasteiger partial charge on any atom is -0.493 e. The summed E-state index contributed by atoms with van der Waals surface area (Å²) >= 11 is 0. The monoisotopic (exact) mass is 378 g/mol. The molecule has 1 aromatic carbocycles. The summed E-state index contributed by atoms with van der Waals surface area (Å²) in [5.74, 6) is 2.00. The molecule has 0 radical (unpaired) electrons. The van der Waals surface area contributed by atoms with E-state index in [0.29, 0.717) is 38.1 Å². The van der Waals surface area contributed by atoms with E-state index in [1.54, 1.807) is 7.05 Å². The van der Waals surface area contributed by atoms with Gasteiger partial charge < -0.3 is 25.4 Å². The molecule has 1 amide bonds. The number of carbonyl (C=O) groups excluding carboxylic acids is 1. The average molecular weight is 379 g/mol. The van der Waals surface area contributed by atoms with E-state index in [-0.39, 0.29) is 0 Å². The molecular formula is C20H34N4O3. The predicted molar refractivity (Wildman–Crippen MR) is 109 cm³/mol. The van der Waals surface area contributed by atoms with E-state index in [1.807, 2.05) is 45.0 Å². The number of alkyl carbamates (subject to hydrolysis) is 1. The van der Waals surface area contributed by atoms with Crippen LogP contribution in [0.15, 0.2) is 29.3 Å². The Morgan fingerprint density at radius 2 is 1.78 bits per heavy atom. The second kappa shape index (κ2) is 11.3. The molecule has 0 saturated carbocycles. The van der Waals surface area contributed by atoms with Gasteiger partial charge in [0.15, 0.2) is 5.96 Å². The third-order valence-electron chi connectivity index (χ3n) is 3.30. The molecule has 1 aromatic rings. The SMILES string of the molecule is CN=C(NCCNC(=O)OC(C)(C)C)NCc1ccccc1OCC(C)C. The first-order chi connectivity index (χ1) is 12.7. The molecule has 0 saturated heterocycles. The maximum Gasteiger partial charge on any atom is 0.407 e. The van der Waals surface area contributed by atoms with Crippen molar-refractivity contribution in [3.05, 3.63) is 29.8 Å². The number of carbonyl (C=O) groups is 1. The van der Waals surface area contributed by atoms with E-state index >= 15 is 0 Å². The molecule has 0 bridgehead atoms. The highest BCUT2D eigenvalue weighted by molar-refractivity contribution is 5.79. The summed E-state index contributed by atoms with van der Waals surface area (Å²) in [5.41, 5.74) is 0.563. The van der Waals surface area contributed by atoms with Crippen LogP contribution < -0.4 is 20.7 Å². The fraction of sp³-hybridized carbons (Fsp3) is 0.600. The smallest absolute Gasteiger partial charge is 0.407 e. The highest BCUT2D eigenvalue weighted by Gasteiger charge is 2.15. The molecular weight excluding hydrogens is 344 g/mol. The van der Waals surface area contributed by atoms with E-state index in [9.17, 15) is 4.79 Å². The van der Waals surface area contributed by atoms with Crippen LogP contribution >= 0.6 is 0 Å². The molecule has 0 aromatic heterocycles. The highest BCUT2D eigenvalue weighted by atomic mass is 16.6. The van der Waals surface area contributed by atoms with Crippen molar-refractivity contribution in [1.82, 2.24) is 16.0 Å². The number of ether oxygens (including phenoxy) is 2. The van der Waals surface area contributed by atoms with Crippen molar-refractivity contribution in [1.29, 1.82) is 0 Å². The fourth-order valence-corrected chi connectivity index (χ4v) is 2.11. The van der Waals surface area contributed by atoms with Crippen molar-refractivity contribution in [3.63, 3.8) is 0 Å². The molecule has 0 unspecified atom stereocenters. The summed E-state index contributed by atoms with van der Waals surface area (Å²) in [6, 6.07) is 7.95. The van der Waals surface area contributed by atoms with Crippen molar-refractivity contribution in [2.24, 2.45) is 10.9 Å². The van der Waals surface area contributed by atoms with Gasteiger partial charge in [-0.1, -0.05) is 32.0 Å². The quantitative estimate of drug-likeness (QED) is 0.368. The van der Waals surface area contributed by atoms with Gasteiger partial charge in [0.05, 0.1) is 6.61 Å². The first-order valence-corrected chi connectivity index (χ1v) is 9.33. The van der Waals surface area contributed by atoms with Crippen LogP contribution in [-0.4, -0.2) is 44.4 Å². The average Bonchev–Trinajstić information content (AvgIpc) is 2.58. The zero-order valence-corrected chi connectivity index (χ0v) is 17.4. The lowest BCUT2D eigenvalue weighted by atomic mass is 10.2. The number of hydrogen-bond donors (Lipinski definition) is 3. The van der Waals surface area contributed by atoms with E-state index in [4.69, 9.17) is 9.47 Å². The lowest BCUT2D eigenvalue weighted by Crippen LogP contribution is -2.42. The molecule has 0 fully saturated rings. The second-order valence-corrected chi connectivity index (χ2v) is 7.59. The van der Waals surface area contributed by atoms with Crippen LogP contribution in [0, 0.1) is 5.92 Å². The minimum absolute atomic E-state index is 0.427. The number of hydrogen-bond acceptors (Lipinski definition) is 4. The number of para-hydroxylation sites is 1. The van der Waals surface area contributed by atoms with Gasteiger partial charge in [0.25, 0.3) is 0 Å². The summed E-state index contributed by atoms with van der Waals surface area (Å²) in [4.78, 5) is 15.8. The number of guanidine groups is 1. The Kier molecular flexibility index (Phi) is 9.47. The van der Waals surface area contributed by atoms with Crippen LogP contribution in [0.2, 0.25) is 0 Å². The number of benzene rings is 1. The lowest BCUT2D eigenvalue weighted by Gasteiger charge is -2.20. The Hall–Kier alpha value is -2.44. The summed E-state index contributed by atoms with van der Waals surface area (Å²) in [5, 5.41) is 9.11. The molecule has 0 heterocycles. The fourth-order valence-electron chi connectivity index (χ4n) is 2.11. The first-order valence-electron chi connectivity index (χ1n) is 9.33. The maximum atomic E-state index is 11.6. The number of nitrogens with one attached hydrogen (secondary N) is 3. The summed E-state index contributed by atoms with van der Waals surface area (Å²) in [7, 11) is 1.71. The van der Waals surface area contributed by atoms with Gasteiger partial charge in [-0.3, -0.25) is 4.99 Å². The predicted octanol–water partition coefficient (Wildman–Crippen LogP) is 2.91. The van der Waals surface area contributed by atoms with Crippen LogP contribution in [0.1, 0.15) is 40.2 Å². The maximum absolute atomic E-state index is 11.6. The van der Waals surface area contributed by atoms with Crippen LogP contribution in [-0.2, 0) is 11.3 Å². The van der Waals surface area contributed by atoms with E-state index in [1.165, 1.54) is 0 Å². The number of nitrogens with zero attached hydrogens (tertiary/aromatic N) is 1. The van der Waals surface area contributed by atoms with Crippen molar-refractivity contribution >= 4 is 12.1 Å². The van der Waals surface area contributed by atoms with E-state index in [2.05, 4.69) is 34.8 Å². The van der Waals surface area contributed by atoms with Crippen molar-refractivity contribution in [2.75, 3.05) is 26.7 Å². The number of aliphatic imine (C=N–C) groups is 1.